The number of amides is 1. The number of benzene rings is 1. The first-order chi connectivity index (χ1) is 9.31. The van der Waals surface area contributed by atoms with Crippen molar-refractivity contribution in [2.45, 2.75) is 27.3 Å². The predicted octanol–water partition coefficient (Wildman–Crippen LogP) is 3.05. The lowest BCUT2D eigenvalue weighted by atomic mass is 10.1. The molecule has 0 aromatic heterocycles. The molecule has 0 aliphatic heterocycles. The van der Waals surface area contributed by atoms with E-state index >= 15 is 0 Å². The highest BCUT2D eigenvalue weighted by molar-refractivity contribution is 6.30. The smallest absolute Gasteiger partial charge is 0.308 e. The van der Waals surface area contributed by atoms with Gasteiger partial charge in [0.05, 0.1) is 5.92 Å². The van der Waals surface area contributed by atoms with Crippen LogP contribution in [0.3, 0.4) is 0 Å². The summed E-state index contributed by atoms with van der Waals surface area (Å²) in [6.45, 7) is 5.82. The Hall–Kier alpha value is -1.55. The van der Waals surface area contributed by atoms with E-state index in [9.17, 15) is 9.59 Å². The van der Waals surface area contributed by atoms with Gasteiger partial charge >= 0.3 is 5.97 Å². The van der Waals surface area contributed by atoms with Crippen molar-refractivity contribution >= 4 is 23.5 Å². The summed E-state index contributed by atoms with van der Waals surface area (Å²) < 4.78 is 0. The Balaban J connectivity index is 2.84. The van der Waals surface area contributed by atoms with Crippen molar-refractivity contribution in [2.75, 3.05) is 6.54 Å². The maximum atomic E-state index is 12.2. The molecule has 0 fully saturated rings. The van der Waals surface area contributed by atoms with Crippen LogP contribution in [-0.2, 0) is 16.1 Å². The Labute approximate surface area is 124 Å². The molecule has 4 nitrogen and oxygen atoms in total. The molecule has 0 aliphatic carbocycles. The molecule has 0 radical (unpaired) electrons. The van der Waals surface area contributed by atoms with Crippen LogP contribution in [0, 0.1) is 11.8 Å². The van der Waals surface area contributed by atoms with E-state index in [2.05, 4.69) is 0 Å². The van der Waals surface area contributed by atoms with E-state index < -0.39 is 11.9 Å². The van der Waals surface area contributed by atoms with E-state index in [1.54, 1.807) is 24.0 Å². The quantitative estimate of drug-likeness (QED) is 0.878. The molecule has 1 unspecified atom stereocenters. The molecule has 20 heavy (non-hydrogen) atoms. The SMILES string of the molecule is CC(C)C(=O)N(Cc1ccc(Cl)cc1)CC(C)C(=O)O. The number of hydrogen-bond acceptors (Lipinski definition) is 2. The highest BCUT2D eigenvalue weighted by atomic mass is 35.5. The van der Waals surface area contributed by atoms with Crippen LogP contribution in [0.25, 0.3) is 0 Å². The number of carboxylic acids is 1. The van der Waals surface area contributed by atoms with Gasteiger partial charge in [0.25, 0.3) is 0 Å². The lowest BCUT2D eigenvalue weighted by Crippen LogP contribution is -2.38. The maximum absolute atomic E-state index is 12.2. The number of halogens is 1. The number of hydrogen-bond donors (Lipinski definition) is 1. The van der Waals surface area contributed by atoms with Gasteiger partial charge in [0.1, 0.15) is 0 Å². The van der Waals surface area contributed by atoms with Gasteiger partial charge in [0.2, 0.25) is 5.91 Å². The average Bonchev–Trinajstić information content (AvgIpc) is 2.39. The lowest BCUT2D eigenvalue weighted by Gasteiger charge is -2.26. The Morgan fingerprint density at radius 1 is 1.20 bits per heavy atom. The van der Waals surface area contributed by atoms with E-state index in [0.717, 1.165) is 5.56 Å². The Morgan fingerprint density at radius 3 is 2.20 bits per heavy atom. The van der Waals surface area contributed by atoms with Crippen molar-refractivity contribution in [3.05, 3.63) is 34.9 Å². The van der Waals surface area contributed by atoms with Gasteiger partial charge in [-0.1, -0.05) is 44.5 Å². The zero-order valence-electron chi connectivity index (χ0n) is 12.0. The molecule has 1 rings (SSSR count). The summed E-state index contributed by atoms with van der Waals surface area (Å²) in [5.74, 6) is -1.70. The minimum Gasteiger partial charge on any atom is -0.481 e. The summed E-state index contributed by atoms with van der Waals surface area (Å²) in [4.78, 5) is 24.7. The highest BCUT2D eigenvalue weighted by Gasteiger charge is 2.22. The average molecular weight is 298 g/mol. The van der Waals surface area contributed by atoms with Gasteiger partial charge in [-0.2, -0.15) is 0 Å². The molecule has 0 spiro atoms. The number of aliphatic carboxylic acids is 1. The molecular formula is C15H20ClNO3. The monoisotopic (exact) mass is 297 g/mol. The molecular weight excluding hydrogens is 278 g/mol. The summed E-state index contributed by atoms with van der Waals surface area (Å²) in [6, 6.07) is 7.20. The molecule has 0 aliphatic rings. The third kappa shape index (κ3) is 4.85. The Kier molecular flexibility index (Phi) is 6.02. The second-order valence-electron chi connectivity index (χ2n) is 5.24. The minimum atomic E-state index is -0.900. The number of rotatable bonds is 6. The first-order valence-corrected chi connectivity index (χ1v) is 6.95. The van der Waals surface area contributed by atoms with Gasteiger partial charge in [0, 0.05) is 24.0 Å². The standard InChI is InChI=1S/C15H20ClNO3/c1-10(2)14(18)17(8-11(3)15(19)20)9-12-4-6-13(16)7-5-12/h4-7,10-11H,8-9H2,1-3H3,(H,19,20). The number of carbonyl (C=O) groups excluding carboxylic acids is 1. The summed E-state index contributed by atoms with van der Waals surface area (Å²) in [6.07, 6.45) is 0. The van der Waals surface area contributed by atoms with E-state index in [1.807, 2.05) is 26.0 Å². The van der Waals surface area contributed by atoms with Gasteiger partial charge in [-0.25, -0.2) is 0 Å². The van der Waals surface area contributed by atoms with Gasteiger partial charge in [-0.15, -0.1) is 0 Å². The van der Waals surface area contributed by atoms with Crippen LogP contribution in [0.4, 0.5) is 0 Å². The van der Waals surface area contributed by atoms with Crippen LogP contribution in [0.5, 0.6) is 0 Å². The van der Waals surface area contributed by atoms with Gasteiger partial charge < -0.3 is 10.0 Å². The topological polar surface area (TPSA) is 57.6 Å². The molecule has 0 heterocycles. The zero-order chi connectivity index (χ0) is 15.3. The van der Waals surface area contributed by atoms with Gasteiger partial charge in [0.15, 0.2) is 0 Å². The fourth-order valence-electron chi connectivity index (χ4n) is 1.82. The molecule has 1 atom stereocenters. The van der Waals surface area contributed by atoms with E-state index in [-0.39, 0.29) is 18.4 Å². The molecule has 0 saturated heterocycles. The Bertz CT molecular complexity index is 471. The van der Waals surface area contributed by atoms with Crippen molar-refractivity contribution in [3.63, 3.8) is 0 Å². The number of carbonyl (C=O) groups is 2. The van der Waals surface area contributed by atoms with Crippen molar-refractivity contribution in [1.82, 2.24) is 4.90 Å². The van der Waals surface area contributed by atoms with Gasteiger partial charge in [-0.3, -0.25) is 9.59 Å². The third-order valence-electron chi connectivity index (χ3n) is 3.01. The van der Waals surface area contributed by atoms with Crippen LogP contribution in [0.15, 0.2) is 24.3 Å². The van der Waals surface area contributed by atoms with E-state index in [4.69, 9.17) is 16.7 Å². The van der Waals surface area contributed by atoms with Crippen molar-refractivity contribution in [1.29, 1.82) is 0 Å². The normalized spacial score (nSPS) is 12.2. The largest absolute Gasteiger partial charge is 0.481 e. The molecule has 1 N–H and O–H groups in total. The molecule has 1 aromatic carbocycles. The van der Waals surface area contributed by atoms with Crippen LogP contribution in [0.2, 0.25) is 5.02 Å². The predicted molar refractivity (Wildman–Crippen MR) is 78.5 cm³/mol. The third-order valence-corrected chi connectivity index (χ3v) is 3.26. The van der Waals surface area contributed by atoms with E-state index in [1.165, 1.54) is 0 Å². The summed E-state index contributed by atoms with van der Waals surface area (Å²) in [5, 5.41) is 9.63. The number of carboxylic acid groups (broad SMARTS) is 1. The van der Waals surface area contributed by atoms with Crippen molar-refractivity contribution < 1.29 is 14.7 Å². The fourth-order valence-corrected chi connectivity index (χ4v) is 1.94. The lowest BCUT2D eigenvalue weighted by molar-refractivity contribution is -0.144. The summed E-state index contributed by atoms with van der Waals surface area (Å²) in [7, 11) is 0. The molecule has 110 valence electrons. The van der Waals surface area contributed by atoms with Gasteiger partial charge in [-0.05, 0) is 17.7 Å². The summed E-state index contributed by atoms with van der Waals surface area (Å²) >= 11 is 5.83. The van der Waals surface area contributed by atoms with Crippen LogP contribution >= 0.6 is 11.6 Å². The molecule has 0 bridgehead atoms. The first-order valence-electron chi connectivity index (χ1n) is 6.57. The molecule has 5 heteroatoms. The molecule has 0 saturated carbocycles. The second kappa shape index (κ2) is 7.29. The fraction of sp³-hybridized carbons (Fsp3) is 0.467. The number of nitrogens with zero attached hydrogens (tertiary/aromatic N) is 1. The van der Waals surface area contributed by atoms with E-state index in [0.29, 0.717) is 11.6 Å². The maximum Gasteiger partial charge on any atom is 0.308 e. The summed E-state index contributed by atoms with van der Waals surface area (Å²) in [5.41, 5.74) is 0.931. The molecule has 1 aromatic rings. The highest BCUT2D eigenvalue weighted by Crippen LogP contribution is 2.14. The van der Waals surface area contributed by atoms with Crippen LogP contribution < -0.4 is 0 Å². The van der Waals surface area contributed by atoms with Crippen LogP contribution in [-0.4, -0.2) is 28.4 Å². The van der Waals surface area contributed by atoms with Crippen molar-refractivity contribution in [3.8, 4) is 0 Å². The second-order valence-corrected chi connectivity index (χ2v) is 5.68. The van der Waals surface area contributed by atoms with Crippen LogP contribution in [0.1, 0.15) is 26.3 Å². The first kappa shape index (κ1) is 16.5. The molecule has 1 amide bonds. The Morgan fingerprint density at radius 2 is 1.75 bits per heavy atom. The zero-order valence-corrected chi connectivity index (χ0v) is 12.7. The van der Waals surface area contributed by atoms with Crippen molar-refractivity contribution in [2.24, 2.45) is 11.8 Å². The minimum absolute atomic E-state index is 0.0481.